The molecule has 4 heteroatoms. The van der Waals surface area contributed by atoms with E-state index >= 15 is 0 Å². The monoisotopic (exact) mass is 373 g/mol. The highest BCUT2D eigenvalue weighted by Gasteiger charge is 2.22. The Kier molecular flexibility index (Phi) is 12.6. The highest BCUT2D eigenvalue weighted by atomic mass is 16.5. The van der Waals surface area contributed by atoms with Crippen LogP contribution in [0.25, 0.3) is 0 Å². The fourth-order valence-electron chi connectivity index (χ4n) is 2.85. The third kappa shape index (κ3) is 7.83. The Morgan fingerprint density at radius 1 is 1.26 bits per heavy atom. The maximum atomic E-state index is 10.9. The lowest BCUT2D eigenvalue weighted by Crippen LogP contribution is -2.20. The minimum atomic E-state index is -0.0178. The van der Waals surface area contributed by atoms with E-state index in [9.17, 15) is 9.90 Å². The second-order valence-corrected chi connectivity index (χ2v) is 6.10. The SMILES string of the molecule is CC.C\C=C(OC=O)/C(=C\CC)C(/O)=C(\C)C(CC(C)N)c1ccccc1. The summed E-state index contributed by atoms with van der Waals surface area (Å²) in [6.45, 7) is 12.0. The lowest BCUT2D eigenvalue weighted by molar-refractivity contribution is -0.124. The van der Waals surface area contributed by atoms with Gasteiger partial charge in [0.25, 0.3) is 6.47 Å². The number of benzene rings is 1. The Bertz CT molecular complexity index is 643. The predicted molar refractivity (Wildman–Crippen MR) is 113 cm³/mol. The second-order valence-electron chi connectivity index (χ2n) is 6.10. The molecule has 0 bridgehead atoms. The van der Waals surface area contributed by atoms with Gasteiger partial charge in [-0.3, -0.25) is 4.79 Å². The third-order valence-electron chi connectivity index (χ3n) is 4.07. The largest absolute Gasteiger partial charge is 0.507 e. The molecule has 0 aromatic heterocycles. The minimum Gasteiger partial charge on any atom is -0.507 e. The number of nitrogens with two attached hydrogens (primary N) is 1. The van der Waals surface area contributed by atoms with E-state index in [2.05, 4.69) is 0 Å². The molecule has 0 aliphatic carbocycles. The van der Waals surface area contributed by atoms with Gasteiger partial charge in [-0.15, -0.1) is 0 Å². The normalized spacial score (nSPS) is 15.1. The van der Waals surface area contributed by atoms with E-state index < -0.39 is 0 Å². The molecular formula is C23H35NO3. The number of carbonyl (C=O) groups is 1. The molecule has 27 heavy (non-hydrogen) atoms. The topological polar surface area (TPSA) is 72.5 Å². The first-order valence-corrected chi connectivity index (χ1v) is 9.63. The first kappa shape index (κ1) is 24.7. The van der Waals surface area contributed by atoms with Gasteiger partial charge in [-0.2, -0.15) is 0 Å². The molecule has 0 heterocycles. The van der Waals surface area contributed by atoms with E-state index in [1.807, 2.05) is 71.0 Å². The molecule has 150 valence electrons. The minimum absolute atomic E-state index is 0.0148. The van der Waals surface area contributed by atoms with Crippen LogP contribution in [-0.2, 0) is 9.53 Å². The number of carbonyl (C=O) groups excluding carboxylic acids is 1. The molecular weight excluding hydrogens is 338 g/mol. The van der Waals surface area contributed by atoms with Crippen molar-refractivity contribution in [2.75, 3.05) is 0 Å². The Morgan fingerprint density at radius 3 is 2.30 bits per heavy atom. The molecule has 4 nitrogen and oxygen atoms in total. The van der Waals surface area contributed by atoms with Crippen LogP contribution in [0.3, 0.4) is 0 Å². The maximum Gasteiger partial charge on any atom is 0.298 e. The second kappa shape index (κ2) is 13.8. The zero-order valence-electron chi connectivity index (χ0n) is 17.5. The van der Waals surface area contributed by atoms with Crippen molar-refractivity contribution in [2.24, 2.45) is 5.73 Å². The van der Waals surface area contributed by atoms with E-state index in [1.165, 1.54) is 0 Å². The van der Waals surface area contributed by atoms with E-state index in [0.29, 0.717) is 30.6 Å². The fraction of sp³-hybridized carbons (Fsp3) is 0.435. The van der Waals surface area contributed by atoms with Crippen LogP contribution in [0, 0.1) is 0 Å². The first-order valence-electron chi connectivity index (χ1n) is 9.63. The van der Waals surface area contributed by atoms with Crippen molar-refractivity contribution in [3.8, 4) is 0 Å². The summed E-state index contributed by atoms with van der Waals surface area (Å²) in [5.41, 5.74) is 8.46. The highest BCUT2D eigenvalue weighted by molar-refractivity contribution is 5.50. The molecule has 0 radical (unpaired) electrons. The molecule has 3 N–H and O–H groups in total. The average Bonchev–Trinajstić information content (AvgIpc) is 2.69. The van der Waals surface area contributed by atoms with Crippen LogP contribution in [0.15, 0.2) is 65.1 Å². The van der Waals surface area contributed by atoms with Crippen LogP contribution >= 0.6 is 0 Å². The van der Waals surface area contributed by atoms with Gasteiger partial charge in [-0.1, -0.05) is 57.2 Å². The van der Waals surface area contributed by atoms with Crippen LogP contribution in [0.5, 0.6) is 0 Å². The van der Waals surface area contributed by atoms with Crippen LogP contribution in [-0.4, -0.2) is 17.6 Å². The molecule has 0 aliphatic heterocycles. The molecule has 0 saturated carbocycles. The standard InChI is InChI=1S/C21H29NO3.C2H6/c1-5-10-18(20(6-2)25-14-23)21(24)16(4)19(13-15(3)22)17-11-8-7-9-12-17;1-2/h6-12,14-15,19,24H,5,13,22H2,1-4H3;1-2H3/b18-10+,20-6+,21-16-;. The van der Waals surface area contributed by atoms with Gasteiger partial charge in [0.05, 0.1) is 5.57 Å². The van der Waals surface area contributed by atoms with Gasteiger partial charge in [-0.25, -0.2) is 0 Å². The van der Waals surface area contributed by atoms with Crippen LogP contribution in [0.4, 0.5) is 0 Å². The Labute approximate surface area is 164 Å². The van der Waals surface area contributed by atoms with Gasteiger partial charge in [-0.05, 0) is 50.8 Å². The summed E-state index contributed by atoms with van der Waals surface area (Å²) < 4.78 is 5.04. The summed E-state index contributed by atoms with van der Waals surface area (Å²) in [6, 6.07) is 9.97. The zero-order valence-corrected chi connectivity index (χ0v) is 17.5. The van der Waals surface area contributed by atoms with E-state index in [4.69, 9.17) is 10.5 Å². The molecule has 1 rings (SSSR count). The molecule has 1 aromatic carbocycles. The van der Waals surface area contributed by atoms with Crippen LogP contribution < -0.4 is 5.73 Å². The molecule has 0 spiro atoms. The van der Waals surface area contributed by atoms with Crippen LogP contribution in [0.2, 0.25) is 0 Å². The van der Waals surface area contributed by atoms with E-state index in [0.717, 1.165) is 11.1 Å². The zero-order chi connectivity index (χ0) is 20.8. The summed E-state index contributed by atoms with van der Waals surface area (Å²) in [7, 11) is 0. The number of rotatable bonds is 9. The molecule has 2 atom stereocenters. The smallest absolute Gasteiger partial charge is 0.298 e. The predicted octanol–water partition coefficient (Wildman–Crippen LogP) is 5.78. The number of ether oxygens (including phenoxy) is 1. The lowest BCUT2D eigenvalue weighted by Gasteiger charge is -2.23. The van der Waals surface area contributed by atoms with Crippen molar-refractivity contribution in [1.29, 1.82) is 0 Å². The quantitative estimate of drug-likeness (QED) is 0.327. The van der Waals surface area contributed by atoms with E-state index in [1.54, 1.807) is 13.0 Å². The maximum absolute atomic E-state index is 10.9. The number of allylic oxidation sites excluding steroid dienone is 3. The van der Waals surface area contributed by atoms with Crippen LogP contribution in [0.1, 0.15) is 65.9 Å². The van der Waals surface area contributed by atoms with Crippen molar-refractivity contribution in [2.45, 2.75) is 66.3 Å². The van der Waals surface area contributed by atoms with Gasteiger partial charge >= 0.3 is 0 Å². The molecule has 1 aromatic rings. The Hall–Kier alpha value is -2.33. The molecule has 0 saturated heterocycles. The Balaban J connectivity index is 0.00000326. The number of aliphatic hydroxyl groups excluding tert-OH is 1. The number of hydrogen-bond donors (Lipinski definition) is 2. The fourth-order valence-corrected chi connectivity index (χ4v) is 2.85. The van der Waals surface area contributed by atoms with Crippen molar-refractivity contribution in [3.63, 3.8) is 0 Å². The molecule has 0 fully saturated rings. The van der Waals surface area contributed by atoms with Crippen molar-refractivity contribution >= 4 is 6.47 Å². The molecule has 0 aliphatic rings. The Morgan fingerprint density at radius 2 is 1.85 bits per heavy atom. The van der Waals surface area contributed by atoms with Crippen molar-refractivity contribution in [1.82, 2.24) is 0 Å². The number of hydrogen-bond acceptors (Lipinski definition) is 4. The van der Waals surface area contributed by atoms with Gasteiger partial charge < -0.3 is 15.6 Å². The van der Waals surface area contributed by atoms with Gasteiger partial charge in [0.15, 0.2) is 0 Å². The van der Waals surface area contributed by atoms with Crippen molar-refractivity contribution < 1.29 is 14.6 Å². The summed E-state index contributed by atoms with van der Waals surface area (Å²) >= 11 is 0. The van der Waals surface area contributed by atoms with Gasteiger partial charge in [0, 0.05) is 12.0 Å². The summed E-state index contributed by atoms with van der Waals surface area (Å²) in [5.74, 6) is 0.461. The lowest BCUT2D eigenvalue weighted by atomic mass is 9.85. The molecule has 2 unspecified atom stereocenters. The highest BCUT2D eigenvalue weighted by Crippen LogP contribution is 2.33. The third-order valence-corrected chi connectivity index (χ3v) is 4.07. The summed E-state index contributed by atoms with van der Waals surface area (Å²) in [6.07, 6.45) is 4.93. The van der Waals surface area contributed by atoms with Crippen molar-refractivity contribution in [3.05, 3.63) is 70.7 Å². The number of aliphatic hydroxyl groups is 1. The van der Waals surface area contributed by atoms with E-state index in [-0.39, 0.29) is 17.7 Å². The van der Waals surface area contributed by atoms with Gasteiger partial charge in [0.2, 0.25) is 0 Å². The molecule has 0 amide bonds. The summed E-state index contributed by atoms with van der Waals surface area (Å²) in [5, 5.41) is 10.9. The average molecular weight is 374 g/mol. The summed E-state index contributed by atoms with van der Waals surface area (Å²) in [4.78, 5) is 10.8. The van der Waals surface area contributed by atoms with Gasteiger partial charge in [0.1, 0.15) is 11.5 Å². The first-order chi connectivity index (χ1) is 13.0.